The minimum atomic E-state index is -0.164. The van der Waals surface area contributed by atoms with Crippen LogP contribution >= 0.6 is 15.9 Å². The third-order valence-electron chi connectivity index (χ3n) is 4.00. The second-order valence-electron chi connectivity index (χ2n) is 5.29. The van der Waals surface area contributed by atoms with Crippen molar-refractivity contribution in [2.75, 3.05) is 7.05 Å². The smallest absolute Gasteiger partial charge is 0.137 e. The lowest BCUT2D eigenvalue weighted by Crippen LogP contribution is -2.29. The molecule has 2 rings (SSSR count). The lowest BCUT2D eigenvalue weighted by Gasteiger charge is -2.20. The third kappa shape index (κ3) is 3.55. The molecule has 1 atom stereocenters. The number of benzene rings is 1. The van der Waals surface area contributed by atoms with Gasteiger partial charge in [0.2, 0.25) is 0 Å². The number of hydrogen-bond acceptors (Lipinski definition) is 1. The van der Waals surface area contributed by atoms with E-state index in [9.17, 15) is 4.39 Å². The van der Waals surface area contributed by atoms with Crippen LogP contribution in [0.5, 0.6) is 0 Å². The molecule has 1 fully saturated rings. The Morgan fingerprint density at radius 2 is 2.11 bits per heavy atom. The van der Waals surface area contributed by atoms with E-state index in [1.807, 2.05) is 13.1 Å². The van der Waals surface area contributed by atoms with Gasteiger partial charge in [-0.15, -0.1) is 0 Å². The Bertz CT molecular complexity index is 388. The van der Waals surface area contributed by atoms with Crippen molar-refractivity contribution in [1.29, 1.82) is 0 Å². The molecule has 100 valence electrons. The molecule has 0 aromatic heterocycles. The predicted molar refractivity (Wildman–Crippen MR) is 77.2 cm³/mol. The van der Waals surface area contributed by atoms with Crippen LogP contribution in [0.15, 0.2) is 22.7 Å². The number of halogens is 2. The zero-order valence-electron chi connectivity index (χ0n) is 10.9. The van der Waals surface area contributed by atoms with Gasteiger partial charge in [-0.2, -0.15) is 0 Å². The summed E-state index contributed by atoms with van der Waals surface area (Å²) in [6.07, 6.45) is 7.59. The minimum absolute atomic E-state index is 0.164. The van der Waals surface area contributed by atoms with Gasteiger partial charge in [-0.3, -0.25) is 0 Å². The molecule has 1 N–H and O–H groups in total. The van der Waals surface area contributed by atoms with E-state index >= 15 is 0 Å². The zero-order chi connectivity index (χ0) is 13.0. The lowest BCUT2D eigenvalue weighted by atomic mass is 9.94. The fourth-order valence-corrected chi connectivity index (χ4v) is 3.35. The molecule has 1 saturated carbocycles. The van der Waals surface area contributed by atoms with Crippen LogP contribution in [0.4, 0.5) is 4.39 Å². The second-order valence-corrected chi connectivity index (χ2v) is 6.08. The number of likely N-dealkylation sites (N-methyl/N-ethyl adjacent to an activating group) is 1. The first-order chi connectivity index (χ1) is 8.70. The van der Waals surface area contributed by atoms with E-state index in [-0.39, 0.29) is 5.82 Å². The molecule has 0 amide bonds. The summed E-state index contributed by atoms with van der Waals surface area (Å²) in [5.41, 5.74) is 1.06. The summed E-state index contributed by atoms with van der Waals surface area (Å²) in [4.78, 5) is 0. The molecule has 1 aliphatic rings. The van der Waals surface area contributed by atoms with Gasteiger partial charge in [-0.25, -0.2) is 4.39 Å². The van der Waals surface area contributed by atoms with E-state index in [1.165, 1.54) is 38.2 Å². The molecule has 0 saturated heterocycles. The standard InChI is InChI=1S/C15H21BrFN/c1-18-13(9-11-5-2-3-6-11)10-12-7-4-8-14(17)15(12)16/h4,7-8,11,13,18H,2-3,5-6,9-10H2,1H3. The molecule has 0 heterocycles. The Hall–Kier alpha value is -0.410. The Kier molecular flexibility index (Phi) is 5.19. The minimum Gasteiger partial charge on any atom is -0.317 e. The molecule has 0 radical (unpaired) electrons. The van der Waals surface area contributed by atoms with Gasteiger partial charge in [-0.1, -0.05) is 37.8 Å². The highest BCUT2D eigenvalue weighted by Gasteiger charge is 2.20. The molecule has 3 heteroatoms. The van der Waals surface area contributed by atoms with Crippen LogP contribution in [0.3, 0.4) is 0 Å². The topological polar surface area (TPSA) is 12.0 Å². The summed E-state index contributed by atoms with van der Waals surface area (Å²) in [6.45, 7) is 0. The van der Waals surface area contributed by atoms with E-state index in [2.05, 4.69) is 21.2 Å². The van der Waals surface area contributed by atoms with Gasteiger partial charge in [0.05, 0.1) is 4.47 Å². The fourth-order valence-electron chi connectivity index (χ4n) is 2.92. The number of rotatable bonds is 5. The normalized spacial score (nSPS) is 18.2. The SMILES string of the molecule is CNC(Cc1cccc(F)c1Br)CC1CCCC1. The molecule has 1 aromatic carbocycles. The first kappa shape index (κ1) is 14.0. The van der Waals surface area contributed by atoms with Crippen molar-refractivity contribution < 1.29 is 4.39 Å². The van der Waals surface area contributed by atoms with Gasteiger partial charge >= 0.3 is 0 Å². The first-order valence-corrected chi connectivity index (χ1v) is 7.60. The van der Waals surface area contributed by atoms with Crippen molar-refractivity contribution in [2.24, 2.45) is 5.92 Å². The molecule has 0 spiro atoms. The van der Waals surface area contributed by atoms with Crippen LogP contribution in [-0.2, 0) is 6.42 Å². The molecule has 1 aliphatic carbocycles. The summed E-state index contributed by atoms with van der Waals surface area (Å²) >= 11 is 3.35. The van der Waals surface area contributed by atoms with E-state index in [0.29, 0.717) is 10.5 Å². The maximum absolute atomic E-state index is 13.5. The maximum atomic E-state index is 13.5. The zero-order valence-corrected chi connectivity index (χ0v) is 12.5. The van der Waals surface area contributed by atoms with Gasteiger partial charge < -0.3 is 5.32 Å². The quantitative estimate of drug-likeness (QED) is 0.854. The summed E-state index contributed by atoms with van der Waals surface area (Å²) in [5, 5.41) is 3.38. The van der Waals surface area contributed by atoms with Crippen LogP contribution in [0.1, 0.15) is 37.7 Å². The van der Waals surface area contributed by atoms with Crippen molar-refractivity contribution in [2.45, 2.75) is 44.6 Å². The Labute approximate surface area is 117 Å². The van der Waals surface area contributed by atoms with Gasteiger partial charge in [-0.05, 0) is 53.4 Å². The summed E-state index contributed by atoms with van der Waals surface area (Å²) in [5.74, 6) is 0.693. The third-order valence-corrected chi connectivity index (χ3v) is 4.89. The largest absolute Gasteiger partial charge is 0.317 e. The van der Waals surface area contributed by atoms with Crippen molar-refractivity contribution >= 4 is 15.9 Å². The van der Waals surface area contributed by atoms with E-state index in [4.69, 9.17) is 0 Å². The van der Waals surface area contributed by atoms with E-state index in [1.54, 1.807) is 6.07 Å². The fraction of sp³-hybridized carbons (Fsp3) is 0.600. The van der Waals surface area contributed by atoms with Gasteiger partial charge in [0, 0.05) is 6.04 Å². The molecule has 0 aliphatic heterocycles. The van der Waals surface area contributed by atoms with Crippen LogP contribution in [0.2, 0.25) is 0 Å². The highest BCUT2D eigenvalue weighted by atomic mass is 79.9. The van der Waals surface area contributed by atoms with Crippen molar-refractivity contribution in [3.63, 3.8) is 0 Å². The molecule has 1 unspecified atom stereocenters. The molecular weight excluding hydrogens is 293 g/mol. The molecule has 1 nitrogen and oxygen atoms in total. The summed E-state index contributed by atoms with van der Waals surface area (Å²) in [7, 11) is 2.01. The highest BCUT2D eigenvalue weighted by molar-refractivity contribution is 9.10. The van der Waals surface area contributed by atoms with Crippen LogP contribution < -0.4 is 5.32 Å². The Balaban J connectivity index is 1.98. The number of nitrogens with one attached hydrogen (secondary N) is 1. The van der Waals surface area contributed by atoms with E-state index < -0.39 is 0 Å². The second kappa shape index (κ2) is 6.67. The Morgan fingerprint density at radius 3 is 2.78 bits per heavy atom. The Morgan fingerprint density at radius 1 is 1.39 bits per heavy atom. The first-order valence-electron chi connectivity index (χ1n) is 6.81. The average molecular weight is 314 g/mol. The molecule has 18 heavy (non-hydrogen) atoms. The lowest BCUT2D eigenvalue weighted by molar-refractivity contribution is 0.402. The monoisotopic (exact) mass is 313 g/mol. The maximum Gasteiger partial charge on any atom is 0.137 e. The van der Waals surface area contributed by atoms with Crippen molar-refractivity contribution in [1.82, 2.24) is 5.32 Å². The van der Waals surface area contributed by atoms with Gasteiger partial charge in [0.15, 0.2) is 0 Å². The highest BCUT2D eigenvalue weighted by Crippen LogP contribution is 2.30. The van der Waals surface area contributed by atoms with Crippen molar-refractivity contribution in [3.05, 3.63) is 34.1 Å². The van der Waals surface area contributed by atoms with Crippen LogP contribution in [-0.4, -0.2) is 13.1 Å². The summed E-state index contributed by atoms with van der Waals surface area (Å²) in [6, 6.07) is 5.74. The molecule has 0 bridgehead atoms. The number of hydrogen-bond donors (Lipinski definition) is 1. The summed E-state index contributed by atoms with van der Waals surface area (Å²) < 4.78 is 14.1. The van der Waals surface area contributed by atoms with Crippen LogP contribution in [0.25, 0.3) is 0 Å². The van der Waals surface area contributed by atoms with Gasteiger partial charge in [0.25, 0.3) is 0 Å². The molecule has 1 aromatic rings. The average Bonchev–Trinajstić information content (AvgIpc) is 2.86. The predicted octanol–water partition coefficient (Wildman–Crippen LogP) is 4.30. The van der Waals surface area contributed by atoms with E-state index in [0.717, 1.165) is 17.9 Å². The molecular formula is C15H21BrFN. The van der Waals surface area contributed by atoms with Gasteiger partial charge in [0.1, 0.15) is 5.82 Å². The van der Waals surface area contributed by atoms with Crippen LogP contribution in [0, 0.1) is 11.7 Å². The van der Waals surface area contributed by atoms with Crippen molar-refractivity contribution in [3.8, 4) is 0 Å².